The van der Waals surface area contributed by atoms with E-state index in [0.29, 0.717) is 23.7 Å². The summed E-state index contributed by atoms with van der Waals surface area (Å²) in [6, 6.07) is 13.7. The van der Waals surface area contributed by atoms with Crippen LogP contribution in [0.1, 0.15) is 140 Å². The zero-order valence-electron chi connectivity index (χ0n) is 32.8. The van der Waals surface area contributed by atoms with Crippen LogP contribution in [0.2, 0.25) is 39.3 Å². The van der Waals surface area contributed by atoms with Crippen LogP contribution in [0, 0.1) is 23.2 Å². The Kier molecular flexibility index (Phi) is 14.2. The van der Waals surface area contributed by atoms with Gasteiger partial charge in [-0.05, 0) is 119 Å². The summed E-state index contributed by atoms with van der Waals surface area (Å²) in [5.41, 5.74) is 8.00. The van der Waals surface area contributed by atoms with Crippen molar-refractivity contribution in [2.75, 3.05) is 0 Å². The molecule has 4 fully saturated rings. The van der Waals surface area contributed by atoms with Crippen molar-refractivity contribution in [3.63, 3.8) is 0 Å². The number of benzene rings is 2. The third kappa shape index (κ3) is 10.5. The zero-order chi connectivity index (χ0) is 34.2. The Morgan fingerprint density at radius 1 is 0.617 bits per heavy atom. The molecule has 0 amide bonds. The molecule has 4 aliphatic carbocycles. The topological polar surface area (TPSA) is 40.6 Å². The molecule has 4 bridgehead atoms. The summed E-state index contributed by atoms with van der Waals surface area (Å²) in [6.07, 6.45) is 8.15. The third-order valence-corrected chi connectivity index (χ3v) is 15.7. The minimum Gasteiger partial charge on any atom is -0.668 e. The van der Waals surface area contributed by atoms with E-state index in [-0.39, 0.29) is 43.2 Å². The normalized spacial score (nSPS) is 24.1. The first-order valence-electron chi connectivity index (χ1n) is 18.6. The summed E-state index contributed by atoms with van der Waals surface area (Å²) < 4.78 is 4.82. The number of para-hydroxylation sites is 2. The Bertz CT molecular complexity index is 1260. The van der Waals surface area contributed by atoms with Crippen LogP contribution in [-0.4, -0.2) is 60.0 Å². The number of hydrogen-bond donors (Lipinski definition) is 0. The van der Waals surface area contributed by atoms with E-state index in [9.17, 15) is 0 Å². The Morgan fingerprint density at radius 2 is 0.957 bits per heavy atom. The molecule has 0 heterocycles. The van der Waals surface area contributed by atoms with Gasteiger partial charge in [-0.15, -0.1) is 0 Å². The van der Waals surface area contributed by atoms with Crippen molar-refractivity contribution < 1.29 is 0 Å². The third-order valence-electron chi connectivity index (χ3n) is 10.3. The minimum atomic E-state index is -1.11. The predicted molar refractivity (Wildman–Crippen MR) is 216 cm³/mol. The smallest absolute Gasteiger partial charge is 0.668 e. The zero-order valence-corrected chi connectivity index (χ0v) is 37.0. The van der Waals surface area contributed by atoms with Gasteiger partial charge in [0.15, 0.2) is 0 Å². The summed E-state index contributed by atoms with van der Waals surface area (Å²) in [7, 11) is -2.21. The van der Waals surface area contributed by atoms with Crippen molar-refractivity contribution in [2.45, 2.75) is 157 Å². The summed E-state index contributed by atoms with van der Waals surface area (Å²) in [5.74, 6) is 5.47. The molecule has 6 rings (SSSR count). The monoisotopic (exact) mass is 697 g/mol. The van der Waals surface area contributed by atoms with Crippen molar-refractivity contribution in [3.8, 4) is 0 Å². The largest absolute Gasteiger partial charge is 2.00 e. The average molecular weight is 698 g/mol. The molecule has 3 nitrogen and oxygen atoms in total. The molecule has 0 radical (unpaired) electrons. The number of hydrogen-bond acceptors (Lipinski definition) is 1. The quantitative estimate of drug-likeness (QED) is 0.142. The molecule has 0 N–H and O–H groups in total. The van der Waals surface area contributed by atoms with Crippen molar-refractivity contribution in [3.05, 3.63) is 68.6 Å². The van der Waals surface area contributed by atoms with E-state index in [1.165, 1.54) is 72.2 Å². The maximum Gasteiger partial charge on any atom is 2.00 e. The molecule has 2 aromatic carbocycles. The van der Waals surface area contributed by atoms with Gasteiger partial charge in [0.2, 0.25) is 0 Å². The average Bonchev–Trinajstić information content (AvgIpc) is 2.89. The van der Waals surface area contributed by atoms with Crippen molar-refractivity contribution in [2.24, 2.45) is 28.2 Å². The maximum absolute atomic E-state index is 5.74. The molecule has 47 heavy (non-hydrogen) atoms. The molecule has 4 saturated carbocycles. The molecule has 0 unspecified atom stereocenters. The second-order valence-corrected chi connectivity index (χ2v) is 28.0. The summed E-state index contributed by atoms with van der Waals surface area (Å²) in [4.78, 5) is 5.74. The van der Waals surface area contributed by atoms with Crippen LogP contribution in [0.3, 0.4) is 0 Å². The maximum atomic E-state index is 5.74. The Balaban J connectivity index is 0.000000528. The molecule has 0 atom stereocenters. The molecule has 0 spiro atoms. The molecule has 0 saturated heterocycles. The van der Waals surface area contributed by atoms with Gasteiger partial charge in [0.25, 0.3) is 0 Å². The number of amidine groups is 1. The first kappa shape index (κ1) is 41.0. The summed E-state index contributed by atoms with van der Waals surface area (Å²) in [5, 5.41) is 5.74. The van der Waals surface area contributed by atoms with Gasteiger partial charge in [-0.25, -0.2) is 0 Å². The van der Waals surface area contributed by atoms with Gasteiger partial charge in [-0.3, -0.25) is 0 Å². The summed E-state index contributed by atoms with van der Waals surface area (Å²) in [6.45, 7) is 32.3. The molecule has 256 valence electrons. The van der Waals surface area contributed by atoms with Crippen LogP contribution in [0.15, 0.2) is 41.4 Å². The van der Waals surface area contributed by atoms with Gasteiger partial charge in [0, 0.05) is 0 Å². The van der Waals surface area contributed by atoms with Gasteiger partial charge >= 0.3 is 37.7 Å². The fourth-order valence-corrected chi connectivity index (χ4v) is 17.2. The van der Waals surface area contributed by atoms with E-state index < -0.39 is 16.5 Å². The van der Waals surface area contributed by atoms with E-state index in [1.54, 1.807) is 0 Å². The van der Waals surface area contributed by atoms with Crippen molar-refractivity contribution in [1.82, 2.24) is 0 Å². The van der Waals surface area contributed by atoms with Crippen LogP contribution >= 0.6 is 0 Å². The van der Waals surface area contributed by atoms with E-state index >= 15 is 0 Å². The molecule has 2 aromatic rings. The van der Waals surface area contributed by atoms with Gasteiger partial charge in [-0.1, -0.05) is 153 Å². The summed E-state index contributed by atoms with van der Waals surface area (Å²) >= 11 is 0. The van der Waals surface area contributed by atoms with Crippen LogP contribution in [0.4, 0.5) is 11.4 Å². The molecule has 6 heteroatoms. The van der Waals surface area contributed by atoms with Crippen LogP contribution in [0.25, 0.3) is 9.96 Å². The molecule has 0 aromatic heterocycles. The van der Waals surface area contributed by atoms with Gasteiger partial charge in [0.1, 0.15) is 0 Å². The number of aliphatic imine (C=N–C) groups is 1. The van der Waals surface area contributed by atoms with Crippen LogP contribution in [-0.2, 0) is 0 Å². The first-order chi connectivity index (χ1) is 21.3. The Morgan fingerprint density at radius 3 is 1.26 bits per heavy atom. The standard InChI is InChI=1S/C35H49N2.C6H18NSi2.Ca/c1-21(2)28-11-9-12-29(22(3)4)32(28)36-34(35-18-25-15-26(19-35)17-27(16-25)20-35)37-33-30(23(5)6)13-10-14-31(33)24(7)8;1-8(2,3)7-9(4,5)6;/h9-14,21-27H,15-20H2,1-8H3;1-6H3;/q2*-1;+2. The number of rotatable bonds is 9. The molecular weight excluding hydrogens is 631 g/mol. The number of nitrogens with zero attached hydrogens (tertiary/aromatic N) is 3. The van der Waals surface area contributed by atoms with Crippen molar-refractivity contribution >= 4 is 71.4 Å². The fourth-order valence-electron chi connectivity index (χ4n) is 9.15. The van der Waals surface area contributed by atoms with Crippen LogP contribution < -0.4 is 0 Å². The first-order valence-corrected chi connectivity index (χ1v) is 25.5. The van der Waals surface area contributed by atoms with Gasteiger partial charge in [-0.2, -0.15) is 0 Å². The van der Waals surface area contributed by atoms with Crippen molar-refractivity contribution in [1.29, 1.82) is 0 Å². The minimum absolute atomic E-state index is 0. The predicted octanol–water partition coefficient (Wildman–Crippen LogP) is 13.8. The van der Waals surface area contributed by atoms with Gasteiger partial charge in [0.05, 0.1) is 0 Å². The van der Waals surface area contributed by atoms with E-state index in [4.69, 9.17) is 15.0 Å². The molecule has 4 aliphatic rings. The second-order valence-electron chi connectivity index (χ2n) is 18.4. The van der Waals surface area contributed by atoms with E-state index in [2.05, 4.69) is 131 Å². The van der Waals surface area contributed by atoms with Crippen LogP contribution in [0.5, 0.6) is 0 Å². The SMILES string of the molecule is CC(C)c1cccc(C(C)C)c1N=C([N-]c1c(C(C)C)cccc1C(C)C)C12CC3CC(CC(C3)C1)C2.C[Si](C)(C)[N-][Si](C)(C)C.[Ca+2]. The molecular formula is C41H67CaN3Si2. The van der Waals surface area contributed by atoms with Gasteiger partial charge < -0.3 is 15.0 Å². The Labute approximate surface area is 322 Å². The second kappa shape index (κ2) is 16.3. The van der Waals surface area contributed by atoms with E-state index in [0.717, 1.165) is 23.6 Å². The Hall–Kier alpha value is -0.436. The fraction of sp³-hybridized carbons (Fsp3) is 0.683. The van der Waals surface area contributed by atoms with E-state index in [1.807, 2.05) is 0 Å². The molecule has 0 aliphatic heterocycles.